The lowest BCUT2D eigenvalue weighted by atomic mass is 10.1. The third-order valence-corrected chi connectivity index (χ3v) is 3.41. The van der Waals surface area contributed by atoms with Crippen LogP contribution in [0.5, 0.6) is 0 Å². The van der Waals surface area contributed by atoms with E-state index < -0.39 is 12.0 Å². The largest absolute Gasteiger partial charge is 0.467 e. The molecule has 1 aromatic carbocycles. The van der Waals surface area contributed by atoms with Gasteiger partial charge in [-0.25, -0.2) is 19.7 Å². The van der Waals surface area contributed by atoms with Gasteiger partial charge < -0.3 is 4.74 Å². The van der Waals surface area contributed by atoms with Crippen molar-refractivity contribution in [2.75, 3.05) is 7.11 Å². The van der Waals surface area contributed by atoms with E-state index >= 15 is 0 Å². The quantitative estimate of drug-likeness (QED) is 0.548. The van der Waals surface area contributed by atoms with E-state index in [-0.39, 0.29) is 5.15 Å². The monoisotopic (exact) mass is 302 g/mol. The summed E-state index contributed by atoms with van der Waals surface area (Å²) < 4.78 is 6.53. The number of esters is 1. The molecule has 2 aromatic heterocycles. The second-order valence-electron chi connectivity index (χ2n) is 4.32. The zero-order chi connectivity index (χ0) is 14.8. The van der Waals surface area contributed by atoms with Gasteiger partial charge in [0.1, 0.15) is 11.8 Å². The van der Waals surface area contributed by atoms with Gasteiger partial charge in [-0.2, -0.15) is 0 Å². The normalized spacial score (nSPS) is 12.3. The first-order chi connectivity index (χ1) is 10.2. The zero-order valence-electron chi connectivity index (χ0n) is 11.1. The van der Waals surface area contributed by atoms with Crippen LogP contribution in [0.25, 0.3) is 11.2 Å². The first-order valence-corrected chi connectivity index (χ1v) is 6.56. The third-order valence-electron chi connectivity index (χ3n) is 3.13. The van der Waals surface area contributed by atoms with Crippen LogP contribution in [-0.4, -0.2) is 32.6 Å². The van der Waals surface area contributed by atoms with Crippen LogP contribution in [0.2, 0.25) is 5.15 Å². The molecule has 0 aliphatic heterocycles. The maximum atomic E-state index is 12.2. The highest BCUT2D eigenvalue weighted by Gasteiger charge is 2.26. The minimum Gasteiger partial charge on any atom is -0.467 e. The summed E-state index contributed by atoms with van der Waals surface area (Å²) in [6.07, 6.45) is 2.85. The van der Waals surface area contributed by atoms with Crippen molar-refractivity contribution in [3.05, 3.63) is 53.7 Å². The van der Waals surface area contributed by atoms with Crippen molar-refractivity contribution < 1.29 is 9.53 Å². The van der Waals surface area contributed by atoms with Crippen LogP contribution in [0.3, 0.4) is 0 Å². The summed E-state index contributed by atoms with van der Waals surface area (Å²) in [6, 6.07) is 8.60. The van der Waals surface area contributed by atoms with Crippen molar-refractivity contribution in [2.24, 2.45) is 0 Å². The summed E-state index contributed by atoms with van der Waals surface area (Å²) in [4.78, 5) is 24.4. The van der Waals surface area contributed by atoms with Gasteiger partial charge in [0, 0.05) is 0 Å². The number of ether oxygens (including phenoxy) is 1. The molecule has 0 amide bonds. The fourth-order valence-electron chi connectivity index (χ4n) is 2.17. The van der Waals surface area contributed by atoms with Gasteiger partial charge in [0.2, 0.25) is 0 Å². The van der Waals surface area contributed by atoms with Crippen molar-refractivity contribution in [1.82, 2.24) is 19.5 Å². The summed E-state index contributed by atoms with van der Waals surface area (Å²) in [5.41, 5.74) is 1.71. The van der Waals surface area contributed by atoms with Crippen LogP contribution < -0.4 is 0 Å². The highest BCUT2D eigenvalue weighted by atomic mass is 35.5. The highest BCUT2D eigenvalue weighted by Crippen LogP contribution is 2.25. The standard InChI is InChI=1S/C14H11ClN4O2/c1-21-14(20)11(9-5-3-2-4-6-9)19-8-18-10-12(15)16-7-17-13(10)19/h2-8,11H,1H3. The number of halogens is 1. The van der Waals surface area contributed by atoms with Crippen molar-refractivity contribution >= 4 is 28.7 Å². The average molecular weight is 303 g/mol. The molecule has 0 N–H and O–H groups in total. The molecule has 0 aliphatic rings. The van der Waals surface area contributed by atoms with Crippen molar-refractivity contribution in [1.29, 1.82) is 0 Å². The lowest BCUT2D eigenvalue weighted by Crippen LogP contribution is -2.21. The van der Waals surface area contributed by atoms with Crippen molar-refractivity contribution in [3.8, 4) is 0 Å². The Morgan fingerprint density at radius 3 is 2.71 bits per heavy atom. The summed E-state index contributed by atoms with van der Waals surface area (Å²) in [7, 11) is 1.35. The van der Waals surface area contributed by atoms with Crippen LogP contribution in [0.4, 0.5) is 0 Å². The number of hydrogen-bond acceptors (Lipinski definition) is 5. The molecule has 21 heavy (non-hydrogen) atoms. The molecule has 2 heterocycles. The summed E-state index contributed by atoms with van der Waals surface area (Å²) in [6.45, 7) is 0. The molecule has 7 heteroatoms. The van der Waals surface area contributed by atoms with Crippen LogP contribution in [-0.2, 0) is 9.53 Å². The second-order valence-corrected chi connectivity index (χ2v) is 4.68. The van der Waals surface area contributed by atoms with E-state index in [2.05, 4.69) is 15.0 Å². The van der Waals surface area contributed by atoms with E-state index in [0.717, 1.165) is 5.56 Å². The van der Waals surface area contributed by atoms with E-state index in [4.69, 9.17) is 16.3 Å². The smallest absolute Gasteiger partial charge is 0.333 e. The SMILES string of the molecule is COC(=O)C(c1ccccc1)n1cnc2c(Cl)ncnc21. The van der Waals surface area contributed by atoms with E-state index in [1.807, 2.05) is 30.3 Å². The summed E-state index contributed by atoms with van der Waals surface area (Å²) >= 11 is 5.99. The molecule has 0 spiro atoms. The predicted octanol–water partition coefficient (Wildman–Crippen LogP) is 2.24. The minimum atomic E-state index is -0.674. The molecule has 0 saturated heterocycles. The zero-order valence-corrected chi connectivity index (χ0v) is 11.9. The Hall–Kier alpha value is -2.47. The van der Waals surface area contributed by atoms with Crippen LogP contribution in [0, 0.1) is 0 Å². The summed E-state index contributed by atoms with van der Waals surface area (Å²) in [5.74, 6) is -0.407. The number of methoxy groups -OCH3 is 1. The number of carbonyl (C=O) groups is 1. The Morgan fingerprint density at radius 1 is 1.24 bits per heavy atom. The first kappa shape index (κ1) is 13.5. The number of carbonyl (C=O) groups excluding carboxylic acids is 1. The maximum absolute atomic E-state index is 12.2. The van der Waals surface area contributed by atoms with Gasteiger partial charge >= 0.3 is 5.97 Å². The van der Waals surface area contributed by atoms with Gasteiger partial charge in [0.25, 0.3) is 0 Å². The molecule has 0 saturated carbocycles. The molecule has 1 unspecified atom stereocenters. The topological polar surface area (TPSA) is 69.9 Å². The number of hydrogen-bond donors (Lipinski definition) is 0. The molecule has 6 nitrogen and oxygen atoms in total. The molecular formula is C14H11ClN4O2. The number of benzene rings is 1. The first-order valence-electron chi connectivity index (χ1n) is 6.18. The van der Waals surface area contributed by atoms with E-state index in [1.165, 1.54) is 19.8 Å². The fraction of sp³-hybridized carbons (Fsp3) is 0.143. The van der Waals surface area contributed by atoms with E-state index in [9.17, 15) is 4.79 Å². The molecule has 0 fully saturated rings. The average Bonchev–Trinajstić information content (AvgIpc) is 2.94. The number of imidazole rings is 1. The summed E-state index contributed by atoms with van der Waals surface area (Å²) in [5, 5.41) is 0.246. The maximum Gasteiger partial charge on any atom is 0.333 e. The molecule has 0 radical (unpaired) electrons. The highest BCUT2D eigenvalue weighted by molar-refractivity contribution is 6.33. The Morgan fingerprint density at radius 2 is 2.00 bits per heavy atom. The second kappa shape index (κ2) is 5.49. The molecule has 3 aromatic rings. The lowest BCUT2D eigenvalue weighted by molar-refractivity contribution is -0.143. The van der Waals surface area contributed by atoms with E-state index in [0.29, 0.717) is 11.2 Å². The Kier molecular flexibility index (Phi) is 3.53. The molecule has 106 valence electrons. The van der Waals surface area contributed by atoms with Crippen LogP contribution in [0.15, 0.2) is 43.0 Å². The molecular weight excluding hydrogens is 292 g/mol. The van der Waals surface area contributed by atoms with Crippen LogP contribution >= 0.6 is 11.6 Å². The minimum absolute atomic E-state index is 0.246. The molecule has 1 atom stereocenters. The number of fused-ring (bicyclic) bond motifs is 1. The molecule has 0 bridgehead atoms. The van der Waals surface area contributed by atoms with Gasteiger partial charge in [-0.15, -0.1) is 0 Å². The number of nitrogens with zero attached hydrogens (tertiary/aromatic N) is 4. The molecule has 0 aliphatic carbocycles. The third kappa shape index (κ3) is 2.34. The Labute approximate surface area is 125 Å². The van der Waals surface area contributed by atoms with Crippen molar-refractivity contribution in [3.63, 3.8) is 0 Å². The lowest BCUT2D eigenvalue weighted by Gasteiger charge is -2.16. The van der Waals surface area contributed by atoms with E-state index in [1.54, 1.807) is 4.57 Å². The molecule has 3 rings (SSSR count). The Bertz CT molecular complexity index is 788. The predicted molar refractivity (Wildman–Crippen MR) is 76.9 cm³/mol. The van der Waals surface area contributed by atoms with Gasteiger partial charge in [-0.05, 0) is 5.56 Å². The van der Waals surface area contributed by atoms with Gasteiger partial charge in [0.05, 0.1) is 13.4 Å². The van der Waals surface area contributed by atoms with Gasteiger partial charge in [-0.3, -0.25) is 4.57 Å². The Balaban J connectivity index is 2.20. The van der Waals surface area contributed by atoms with Crippen LogP contribution in [0.1, 0.15) is 11.6 Å². The number of rotatable bonds is 3. The fourth-order valence-corrected chi connectivity index (χ4v) is 2.35. The van der Waals surface area contributed by atoms with Gasteiger partial charge in [-0.1, -0.05) is 41.9 Å². The number of aromatic nitrogens is 4. The van der Waals surface area contributed by atoms with Gasteiger partial charge in [0.15, 0.2) is 16.8 Å². The van der Waals surface area contributed by atoms with Crippen molar-refractivity contribution in [2.45, 2.75) is 6.04 Å².